The van der Waals surface area contributed by atoms with E-state index in [4.69, 9.17) is 22.1 Å². The maximum atomic E-state index is 13.8. The number of nitrogens with zero attached hydrogens (tertiary/aromatic N) is 2. The molecule has 222 valence electrons. The largest absolute Gasteiger partial charge is 0.508 e. The standard InChI is InChI=1S/C25H31ClN4O8.2ClH/c1-9(2)38-6-5-28-24-19(33)14-11(22(26)29-24)7-10-8-12-16(30(3)4)18(32)15(23(27)36)21(35)25(12,37)20(34)13(10)17(14)31;;/h9-10,12,16,31,33,35,37H,5-8H2,1-4H3,(H2,27,36)(H,28,29);2*1H/t10-,12-,16-,25-;;/m0../s1. The number of aliphatic hydroxyl groups excluding tert-OH is 2. The third-order valence-electron chi connectivity index (χ3n) is 7.38. The van der Waals surface area contributed by atoms with Crippen LogP contribution in [0.2, 0.25) is 5.15 Å². The van der Waals surface area contributed by atoms with Crippen molar-refractivity contribution in [1.82, 2.24) is 9.88 Å². The van der Waals surface area contributed by atoms with E-state index in [1.807, 2.05) is 13.8 Å². The fourth-order valence-corrected chi connectivity index (χ4v) is 6.00. The lowest BCUT2D eigenvalue weighted by Gasteiger charge is -2.50. The van der Waals surface area contributed by atoms with Gasteiger partial charge in [0, 0.05) is 23.6 Å². The quantitative estimate of drug-likeness (QED) is 0.147. The number of rotatable bonds is 7. The third kappa shape index (κ3) is 5.12. The van der Waals surface area contributed by atoms with Crippen LogP contribution in [0.3, 0.4) is 0 Å². The maximum Gasteiger partial charge on any atom is 0.255 e. The summed E-state index contributed by atoms with van der Waals surface area (Å²) in [5.74, 6) is -7.36. The molecule has 40 heavy (non-hydrogen) atoms. The Bertz CT molecular complexity index is 1300. The Morgan fingerprint density at radius 3 is 2.42 bits per heavy atom. The fraction of sp³-hybridized carbons (Fsp3) is 0.520. The lowest BCUT2D eigenvalue weighted by Crippen LogP contribution is -2.65. The van der Waals surface area contributed by atoms with Gasteiger partial charge >= 0.3 is 0 Å². The Labute approximate surface area is 248 Å². The molecule has 1 aromatic rings. The average molecular weight is 624 g/mol. The smallest absolute Gasteiger partial charge is 0.255 e. The first kappa shape index (κ1) is 33.6. The van der Waals surface area contributed by atoms with Crippen molar-refractivity contribution in [3.8, 4) is 5.75 Å². The van der Waals surface area contributed by atoms with Crippen molar-refractivity contribution in [3.63, 3.8) is 0 Å². The molecule has 15 heteroatoms. The number of carbonyl (C=O) groups is 3. The number of aromatic hydroxyl groups is 1. The van der Waals surface area contributed by atoms with Crippen molar-refractivity contribution in [2.24, 2.45) is 17.6 Å². The molecular formula is C25H33Cl3N4O8. The van der Waals surface area contributed by atoms with Crippen LogP contribution in [0.4, 0.5) is 5.82 Å². The van der Waals surface area contributed by atoms with Gasteiger partial charge in [-0.3, -0.25) is 19.3 Å². The molecule has 0 aromatic carbocycles. The van der Waals surface area contributed by atoms with Crippen LogP contribution in [-0.4, -0.2) is 92.8 Å². The molecule has 12 nitrogen and oxygen atoms in total. The number of pyridine rings is 1. The number of nitrogens with one attached hydrogen (secondary N) is 1. The maximum absolute atomic E-state index is 13.8. The molecular weight excluding hydrogens is 591 g/mol. The minimum atomic E-state index is -2.70. The number of anilines is 1. The van der Waals surface area contributed by atoms with Gasteiger partial charge in [-0.2, -0.15) is 0 Å². The molecule has 3 aliphatic carbocycles. The van der Waals surface area contributed by atoms with E-state index >= 15 is 0 Å². The molecule has 0 bridgehead atoms. The highest BCUT2D eigenvalue weighted by atomic mass is 35.5. The minimum absolute atomic E-state index is 0. The molecule has 1 amide bonds. The number of fused-ring (bicyclic) bond motifs is 3. The second-order valence-corrected chi connectivity index (χ2v) is 10.6. The number of carbonyl (C=O) groups excluding carboxylic acids is 3. The van der Waals surface area contributed by atoms with Gasteiger partial charge in [0.1, 0.15) is 22.2 Å². The number of ether oxygens (including phenoxy) is 1. The van der Waals surface area contributed by atoms with E-state index in [9.17, 15) is 34.8 Å². The number of ketones is 2. The van der Waals surface area contributed by atoms with Gasteiger partial charge in [0.05, 0.1) is 24.3 Å². The lowest BCUT2D eigenvalue weighted by atomic mass is 9.57. The molecule has 4 rings (SSSR count). The molecule has 3 aliphatic rings. The van der Waals surface area contributed by atoms with Crippen LogP contribution in [0, 0.1) is 11.8 Å². The number of amides is 1. The first-order valence-electron chi connectivity index (χ1n) is 12.1. The molecule has 1 heterocycles. The minimum Gasteiger partial charge on any atom is -0.508 e. The molecule has 1 saturated carbocycles. The van der Waals surface area contributed by atoms with E-state index in [2.05, 4.69) is 10.3 Å². The first-order valence-corrected chi connectivity index (χ1v) is 12.5. The summed E-state index contributed by atoms with van der Waals surface area (Å²) in [4.78, 5) is 44.6. The lowest BCUT2D eigenvalue weighted by molar-refractivity contribution is -0.153. The second kappa shape index (κ2) is 12.1. The summed E-state index contributed by atoms with van der Waals surface area (Å²) in [5, 5.41) is 47.6. The van der Waals surface area contributed by atoms with Crippen molar-refractivity contribution in [3.05, 3.63) is 33.2 Å². The number of likely N-dealkylation sites (N-methyl/N-ethyl adjacent to an activating group) is 1. The number of Topliss-reactive ketones (excluding diaryl/α,β-unsaturated/α-hetero) is 2. The zero-order valence-corrected chi connectivity index (χ0v) is 24.6. The topological polar surface area (TPSA) is 196 Å². The molecule has 7 N–H and O–H groups in total. The van der Waals surface area contributed by atoms with Gasteiger partial charge in [0.25, 0.3) is 5.91 Å². The Morgan fingerprint density at radius 1 is 1.25 bits per heavy atom. The van der Waals surface area contributed by atoms with Gasteiger partial charge in [-0.1, -0.05) is 11.6 Å². The van der Waals surface area contributed by atoms with Crippen LogP contribution in [0.15, 0.2) is 16.9 Å². The SMILES string of the molecule is CC(C)OCCNc1nc(Cl)c2c(c1O)C(O)=C1C(=O)[C@]3(O)C(O)=C(C(N)=O)C(=O)[C@@H](N(C)C)[C@@H]3C[C@@H]1C2.Cl.Cl. The molecule has 4 atom stereocenters. The highest BCUT2D eigenvalue weighted by molar-refractivity contribution is 6.31. The van der Waals surface area contributed by atoms with Crippen LogP contribution < -0.4 is 11.1 Å². The zero-order valence-electron chi connectivity index (χ0n) is 22.2. The monoisotopic (exact) mass is 622 g/mol. The zero-order chi connectivity index (χ0) is 28.3. The Balaban J connectivity index is 0.00000280. The molecule has 0 spiro atoms. The summed E-state index contributed by atoms with van der Waals surface area (Å²) < 4.78 is 5.46. The van der Waals surface area contributed by atoms with E-state index in [1.54, 1.807) is 0 Å². The van der Waals surface area contributed by atoms with E-state index < -0.39 is 63.8 Å². The first-order chi connectivity index (χ1) is 17.7. The van der Waals surface area contributed by atoms with Gasteiger partial charge in [0.2, 0.25) is 5.78 Å². The number of halogens is 3. The number of hydrogen-bond acceptors (Lipinski definition) is 11. The summed E-state index contributed by atoms with van der Waals surface area (Å²) in [7, 11) is 3.07. The highest BCUT2D eigenvalue weighted by Crippen LogP contribution is 2.53. The fourth-order valence-electron chi connectivity index (χ4n) is 5.74. The molecule has 0 saturated heterocycles. The number of nitrogens with two attached hydrogens (primary N) is 1. The van der Waals surface area contributed by atoms with Crippen LogP contribution in [0.25, 0.3) is 5.76 Å². The molecule has 0 aliphatic heterocycles. The van der Waals surface area contributed by atoms with Crippen LogP contribution in [0.5, 0.6) is 5.75 Å². The molecule has 0 radical (unpaired) electrons. The van der Waals surface area contributed by atoms with Gasteiger partial charge in [-0.25, -0.2) is 4.98 Å². The second-order valence-electron chi connectivity index (χ2n) is 10.3. The number of primary amides is 1. The van der Waals surface area contributed by atoms with Gasteiger partial charge < -0.3 is 36.2 Å². The van der Waals surface area contributed by atoms with Gasteiger partial charge in [-0.15, -0.1) is 24.8 Å². The van der Waals surface area contributed by atoms with Crippen molar-refractivity contribution in [2.45, 2.75) is 44.4 Å². The summed E-state index contributed by atoms with van der Waals surface area (Å²) >= 11 is 6.44. The van der Waals surface area contributed by atoms with Crippen molar-refractivity contribution in [2.75, 3.05) is 32.6 Å². The van der Waals surface area contributed by atoms with E-state index in [-0.39, 0.29) is 72.4 Å². The van der Waals surface area contributed by atoms with Crippen LogP contribution in [-0.2, 0) is 25.5 Å². The van der Waals surface area contributed by atoms with Crippen molar-refractivity contribution in [1.29, 1.82) is 0 Å². The third-order valence-corrected chi connectivity index (χ3v) is 7.69. The van der Waals surface area contributed by atoms with E-state index in [0.29, 0.717) is 12.2 Å². The Hall–Kier alpha value is -2.61. The van der Waals surface area contributed by atoms with Crippen molar-refractivity contribution < 1.29 is 39.5 Å². The van der Waals surface area contributed by atoms with E-state index in [0.717, 1.165) is 0 Å². The Kier molecular flexibility index (Phi) is 10.2. The van der Waals surface area contributed by atoms with Crippen molar-refractivity contribution >= 4 is 65.5 Å². The normalized spacial score (nSPS) is 25.6. The summed E-state index contributed by atoms with van der Waals surface area (Å²) in [6.45, 7) is 4.31. The Morgan fingerprint density at radius 2 is 1.88 bits per heavy atom. The van der Waals surface area contributed by atoms with E-state index in [1.165, 1.54) is 19.0 Å². The molecule has 1 aromatic heterocycles. The summed E-state index contributed by atoms with van der Waals surface area (Å²) in [6, 6.07) is -1.16. The van der Waals surface area contributed by atoms with Crippen LogP contribution >= 0.6 is 36.4 Å². The predicted octanol–water partition coefficient (Wildman–Crippen LogP) is 1.69. The molecule has 1 fully saturated rings. The number of aliphatic hydroxyl groups is 3. The molecule has 0 unspecified atom stereocenters. The van der Waals surface area contributed by atoms with Gasteiger partial charge in [0.15, 0.2) is 23.0 Å². The number of hydrogen-bond donors (Lipinski definition) is 6. The highest BCUT2D eigenvalue weighted by Gasteiger charge is 2.64. The predicted molar refractivity (Wildman–Crippen MR) is 151 cm³/mol. The van der Waals surface area contributed by atoms with Gasteiger partial charge in [-0.05, 0) is 46.7 Å². The van der Waals surface area contributed by atoms with Crippen LogP contribution in [0.1, 0.15) is 31.4 Å². The summed E-state index contributed by atoms with van der Waals surface area (Å²) in [5.41, 5.74) is 1.66. The number of aromatic nitrogens is 1. The average Bonchev–Trinajstić information content (AvgIpc) is 2.81. The summed E-state index contributed by atoms with van der Waals surface area (Å²) in [6.07, 6.45) is 0.0194.